The highest BCUT2D eigenvalue weighted by Crippen LogP contribution is 2.31. The summed E-state index contributed by atoms with van der Waals surface area (Å²) in [6.07, 6.45) is 0.634. The molecule has 2 N–H and O–H groups in total. The molecule has 1 atom stereocenters. The van der Waals surface area contributed by atoms with Crippen LogP contribution in [0.15, 0.2) is 18.2 Å². The van der Waals surface area contributed by atoms with E-state index in [9.17, 15) is 5.11 Å². The second-order valence-electron chi connectivity index (χ2n) is 3.01. The van der Waals surface area contributed by atoms with Gasteiger partial charge in [0, 0.05) is 11.6 Å². The average molecular weight is 164 g/mol. The molecule has 3 nitrogen and oxygen atoms in total. The minimum atomic E-state index is -0.0346. The first-order valence-corrected chi connectivity index (χ1v) is 3.94. The highest BCUT2D eigenvalue weighted by atomic mass is 16.5. The molecule has 0 saturated carbocycles. The van der Waals surface area contributed by atoms with Gasteiger partial charge in [0.25, 0.3) is 0 Å². The van der Waals surface area contributed by atoms with Crippen molar-refractivity contribution in [2.24, 2.45) is 5.73 Å². The van der Waals surface area contributed by atoms with Crippen LogP contribution in [0.3, 0.4) is 0 Å². The summed E-state index contributed by atoms with van der Waals surface area (Å²) in [5.41, 5.74) is 6.37. The third-order valence-electron chi connectivity index (χ3n) is 2.01. The number of hydrogen-bond donors (Lipinski definition) is 1. The predicted octanol–water partition coefficient (Wildman–Crippen LogP) is 1.09. The highest BCUT2D eigenvalue weighted by Gasteiger charge is 2.19. The quantitative estimate of drug-likeness (QED) is 0.624. The van der Waals surface area contributed by atoms with E-state index in [1.807, 2.05) is 6.07 Å². The average Bonchev–Trinajstić information content (AvgIpc) is 2.07. The van der Waals surface area contributed by atoms with E-state index >= 15 is 0 Å². The molecule has 12 heavy (non-hydrogen) atoms. The van der Waals surface area contributed by atoms with Gasteiger partial charge in [-0.15, -0.1) is 0 Å². The van der Waals surface area contributed by atoms with Crippen LogP contribution in [0.4, 0.5) is 0 Å². The van der Waals surface area contributed by atoms with Gasteiger partial charge in [-0.1, -0.05) is 6.07 Å². The van der Waals surface area contributed by atoms with Gasteiger partial charge in [-0.3, -0.25) is 5.11 Å². The Morgan fingerprint density at radius 2 is 2.33 bits per heavy atom. The van der Waals surface area contributed by atoms with E-state index in [1.54, 1.807) is 12.1 Å². The maximum absolute atomic E-state index is 11.3. The summed E-state index contributed by atoms with van der Waals surface area (Å²) in [5, 5.41) is 11.3. The van der Waals surface area contributed by atoms with Gasteiger partial charge in [0.1, 0.15) is 12.4 Å². The minimum absolute atomic E-state index is 0.0302. The molecule has 0 spiro atoms. The number of benzene rings is 1. The Morgan fingerprint density at radius 3 is 3.17 bits per heavy atom. The molecule has 1 radical (unpaired) electrons. The number of rotatable bonds is 0. The molecule has 2 rings (SSSR count). The van der Waals surface area contributed by atoms with Crippen LogP contribution in [0, 0.1) is 0 Å². The number of ether oxygens (including phenoxy) is 1. The van der Waals surface area contributed by atoms with Crippen molar-refractivity contribution in [2.75, 3.05) is 6.61 Å². The fourth-order valence-corrected chi connectivity index (χ4v) is 1.40. The monoisotopic (exact) mass is 164 g/mol. The summed E-state index contributed by atoms with van der Waals surface area (Å²) in [6.45, 7) is 0.510. The summed E-state index contributed by atoms with van der Waals surface area (Å²) in [5.74, 6) is 0.729. The van der Waals surface area contributed by atoms with Crippen LogP contribution in [0.1, 0.15) is 5.56 Å². The van der Waals surface area contributed by atoms with E-state index in [0.717, 1.165) is 5.56 Å². The second-order valence-corrected chi connectivity index (χ2v) is 3.01. The van der Waals surface area contributed by atoms with Crippen molar-refractivity contribution in [1.29, 1.82) is 0 Å². The summed E-state index contributed by atoms with van der Waals surface area (Å²) >= 11 is 0. The van der Waals surface area contributed by atoms with Crippen LogP contribution >= 0.6 is 0 Å². The lowest BCUT2D eigenvalue weighted by molar-refractivity contribution is 0.254. The molecule has 1 heterocycles. The molecule has 0 amide bonds. The lowest BCUT2D eigenvalue weighted by Gasteiger charge is -2.21. The van der Waals surface area contributed by atoms with E-state index in [1.165, 1.54) is 0 Å². The third-order valence-corrected chi connectivity index (χ3v) is 2.01. The molecule has 0 aliphatic carbocycles. The molecule has 0 saturated heterocycles. The first kappa shape index (κ1) is 7.43. The Morgan fingerprint density at radius 1 is 1.50 bits per heavy atom. The van der Waals surface area contributed by atoms with Crippen LogP contribution < -0.4 is 10.5 Å². The number of fused-ring (bicyclic) bond motifs is 1. The van der Waals surface area contributed by atoms with E-state index in [2.05, 4.69) is 0 Å². The molecular formula is C9H10NO2. The second kappa shape index (κ2) is 2.68. The van der Waals surface area contributed by atoms with Gasteiger partial charge in [-0.05, 0) is 18.6 Å². The molecular weight excluding hydrogens is 154 g/mol. The Labute approximate surface area is 70.8 Å². The Bertz CT molecular complexity index is 299. The number of nitrogens with two attached hydrogens (primary N) is 1. The van der Waals surface area contributed by atoms with E-state index < -0.39 is 0 Å². The van der Waals surface area contributed by atoms with Crippen molar-refractivity contribution in [3.63, 3.8) is 0 Å². The van der Waals surface area contributed by atoms with Crippen LogP contribution in [-0.4, -0.2) is 12.6 Å². The zero-order valence-corrected chi connectivity index (χ0v) is 6.62. The molecule has 0 fully saturated rings. The molecule has 0 bridgehead atoms. The van der Waals surface area contributed by atoms with Gasteiger partial charge in [-0.25, -0.2) is 0 Å². The summed E-state index contributed by atoms with van der Waals surface area (Å²) < 4.78 is 5.29. The maximum atomic E-state index is 11.3. The minimum Gasteiger partial charge on any atom is -0.492 e. The largest absolute Gasteiger partial charge is 0.492 e. The first-order valence-electron chi connectivity index (χ1n) is 3.94. The Hall–Kier alpha value is -1.22. The lowest BCUT2D eigenvalue weighted by Crippen LogP contribution is -2.33. The van der Waals surface area contributed by atoms with Gasteiger partial charge < -0.3 is 10.5 Å². The summed E-state index contributed by atoms with van der Waals surface area (Å²) in [7, 11) is 0. The molecule has 1 aromatic carbocycles. The molecule has 1 aromatic rings. The predicted molar refractivity (Wildman–Crippen MR) is 43.7 cm³/mol. The van der Waals surface area contributed by atoms with Crippen LogP contribution in [0.25, 0.3) is 0 Å². The maximum Gasteiger partial charge on any atom is 0.185 e. The van der Waals surface area contributed by atoms with E-state index in [0.29, 0.717) is 18.8 Å². The van der Waals surface area contributed by atoms with Gasteiger partial charge in [0.2, 0.25) is 0 Å². The molecule has 63 valence electrons. The molecule has 3 heteroatoms. The van der Waals surface area contributed by atoms with Crippen molar-refractivity contribution in [2.45, 2.75) is 12.5 Å². The molecule has 1 aliphatic heterocycles. The van der Waals surface area contributed by atoms with Gasteiger partial charge in [-0.2, -0.15) is 0 Å². The van der Waals surface area contributed by atoms with Gasteiger partial charge in [0.05, 0.1) is 0 Å². The molecule has 1 unspecified atom stereocenters. The van der Waals surface area contributed by atoms with Gasteiger partial charge >= 0.3 is 0 Å². The fraction of sp³-hybridized carbons (Fsp3) is 0.333. The molecule has 1 aliphatic rings. The van der Waals surface area contributed by atoms with Crippen molar-refractivity contribution in [1.82, 2.24) is 0 Å². The zero-order chi connectivity index (χ0) is 8.55. The highest BCUT2D eigenvalue weighted by molar-refractivity contribution is 5.45. The topological polar surface area (TPSA) is 55.1 Å². The van der Waals surface area contributed by atoms with Crippen LogP contribution in [0.5, 0.6) is 11.5 Å². The fourth-order valence-electron chi connectivity index (χ4n) is 1.40. The van der Waals surface area contributed by atoms with E-state index in [4.69, 9.17) is 10.5 Å². The van der Waals surface area contributed by atoms with Crippen molar-refractivity contribution < 1.29 is 9.84 Å². The normalized spacial score (nSPS) is 21.2. The van der Waals surface area contributed by atoms with Crippen molar-refractivity contribution in [3.05, 3.63) is 23.8 Å². The van der Waals surface area contributed by atoms with Crippen LogP contribution in [0.2, 0.25) is 0 Å². The Balaban J connectivity index is 2.43. The van der Waals surface area contributed by atoms with Crippen molar-refractivity contribution >= 4 is 0 Å². The smallest absolute Gasteiger partial charge is 0.185 e. The van der Waals surface area contributed by atoms with Gasteiger partial charge in [0.15, 0.2) is 5.75 Å². The third kappa shape index (κ3) is 1.12. The number of hydrogen-bond acceptors (Lipinski definition) is 2. The lowest BCUT2D eigenvalue weighted by atomic mass is 10.0. The first-order chi connectivity index (χ1) is 5.77. The van der Waals surface area contributed by atoms with Crippen LogP contribution in [-0.2, 0) is 11.5 Å². The van der Waals surface area contributed by atoms with Crippen molar-refractivity contribution in [3.8, 4) is 11.5 Å². The Kier molecular flexibility index (Phi) is 1.66. The SMILES string of the molecule is NC1COc2cccc([O])c2C1. The molecule has 0 aromatic heterocycles. The summed E-state index contributed by atoms with van der Waals surface area (Å²) in [6, 6.07) is 5.02. The van der Waals surface area contributed by atoms with E-state index in [-0.39, 0.29) is 11.8 Å². The zero-order valence-electron chi connectivity index (χ0n) is 6.62. The standard InChI is InChI=1S/C9H10NO2/c10-6-4-7-8(11)2-1-3-9(7)12-5-6/h1-3,6H,4-5,10H2. The summed E-state index contributed by atoms with van der Waals surface area (Å²) in [4.78, 5) is 0.